The van der Waals surface area contributed by atoms with Gasteiger partial charge in [-0.3, -0.25) is 9.59 Å². The van der Waals surface area contributed by atoms with Crippen LogP contribution in [-0.2, 0) is 4.79 Å². The van der Waals surface area contributed by atoms with Crippen molar-refractivity contribution in [2.24, 2.45) is 0 Å². The van der Waals surface area contributed by atoms with Gasteiger partial charge in [0, 0.05) is 25.6 Å². The van der Waals surface area contributed by atoms with Crippen LogP contribution < -0.4 is 10.1 Å². The second-order valence-corrected chi connectivity index (χ2v) is 6.87. The smallest absolute Gasteiger partial charge is 0.254 e. The Hall–Kier alpha value is -2.89. The molecule has 1 aliphatic rings. The predicted molar refractivity (Wildman–Crippen MR) is 105 cm³/mol. The van der Waals surface area contributed by atoms with Crippen molar-refractivity contribution in [2.45, 2.75) is 31.7 Å². The fourth-order valence-corrected chi connectivity index (χ4v) is 3.27. The number of halogens is 1. The van der Waals surface area contributed by atoms with E-state index in [1.54, 1.807) is 12.1 Å². The van der Waals surface area contributed by atoms with Crippen LogP contribution in [0.1, 0.15) is 36.0 Å². The van der Waals surface area contributed by atoms with E-state index in [1.807, 2.05) is 35.2 Å². The van der Waals surface area contributed by atoms with Crippen LogP contribution in [0.25, 0.3) is 0 Å². The number of ether oxygens (including phenoxy) is 1. The van der Waals surface area contributed by atoms with Crippen LogP contribution >= 0.6 is 0 Å². The molecule has 0 spiro atoms. The Morgan fingerprint density at radius 3 is 2.43 bits per heavy atom. The van der Waals surface area contributed by atoms with Gasteiger partial charge < -0.3 is 15.0 Å². The average molecular weight is 384 g/mol. The summed E-state index contributed by atoms with van der Waals surface area (Å²) in [5.74, 6) is -0.0110. The van der Waals surface area contributed by atoms with Crippen LogP contribution in [0.4, 0.5) is 4.39 Å². The molecule has 1 saturated heterocycles. The number of benzene rings is 2. The van der Waals surface area contributed by atoms with Gasteiger partial charge in [-0.1, -0.05) is 30.3 Å². The van der Waals surface area contributed by atoms with Gasteiger partial charge in [-0.15, -0.1) is 0 Å². The van der Waals surface area contributed by atoms with E-state index >= 15 is 0 Å². The van der Waals surface area contributed by atoms with E-state index < -0.39 is 11.7 Å². The van der Waals surface area contributed by atoms with Gasteiger partial charge in [-0.05, 0) is 43.5 Å². The van der Waals surface area contributed by atoms with E-state index in [9.17, 15) is 14.0 Å². The standard InChI is InChI=1S/C22H25FN2O3/c23-20-10-5-4-9-19(20)22(27)24-17-12-14-25(15-13-17)21(26)11-6-16-28-18-7-2-1-3-8-18/h1-5,7-10,17H,6,11-16H2,(H,24,27). The molecule has 0 bridgehead atoms. The van der Waals surface area contributed by atoms with Gasteiger partial charge >= 0.3 is 0 Å². The Morgan fingerprint density at radius 2 is 1.71 bits per heavy atom. The van der Waals surface area contributed by atoms with Crippen LogP contribution in [0.3, 0.4) is 0 Å². The highest BCUT2D eigenvalue weighted by Gasteiger charge is 2.24. The molecule has 28 heavy (non-hydrogen) atoms. The highest BCUT2D eigenvalue weighted by molar-refractivity contribution is 5.94. The van der Waals surface area contributed by atoms with E-state index in [1.165, 1.54) is 12.1 Å². The van der Waals surface area contributed by atoms with Gasteiger partial charge in [-0.2, -0.15) is 0 Å². The summed E-state index contributed by atoms with van der Waals surface area (Å²) < 4.78 is 19.3. The normalized spacial score (nSPS) is 14.5. The molecule has 148 valence electrons. The number of hydrogen-bond donors (Lipinski definition) is 1. The Balaban J connectivity index is 1.36. The van der Waals surface area contributed by atoms with E-state index in [0.29, 0.717) is 45.4 Å². The lowest BCUT2D eigenvalue weighted by molar-refractivity contribution is -0.132. The maximum Gasteiger partial charge on any atom is 0.254 e. The SMILES string of the molecule is O=C(NC1CCN(C(=O)CCCOc2ccccc2)CC1)c1ccccc1F. The topological polar surface area (TPSA) is 58.6 Å². The summed E-state index contributed by atoms with van der Waals surface area (Å²) in [6, 6.07) is 15.4. The summed E-state index contributed by atoms with van der Waals surface area (Å²) in [7, 11) is 0. The van der Waals surface area contributed by atoms with Gasteiger partial charge in [0.15, 0.2) is 0 Å². The van der Waals surface area contributed by atoms with Gasteiger partial charge in [0.1, 0.15) is 11.6 Å². The van der Waals surface area contributed by atoms with E-state index in [0.717, 1.165) is 5.75 Å². The molecule has 1 N–H and O–H groups in total. The number of carbonyl (C=O) groups is 2. The highest BCUT2D eigenvalue weighted by atomic mass is 19.1. The molecule has 0 aliphatic carbocycles. The molecule has 5 nitrogen and oxygen atoms in total. The van der Waals surface area contributed by atoms with Gasteiger partial charge in [0.25, 0.3) is 5.91 Å². The fourth-order valence-electron chi connectivity index (χ4n) is 3.27. The molecular formula is C22H25FN2O3. The summed E-state index contributed by atoms with van der Waals surface area (Å²) in [6.45, 7) is 1.70. The molecular weight excluding hydrogens is 359 g/mol. The van der Waals surface area contributed by atoms with Crippen molar-refractivity contribution < 1.29 is 18.7 Å². The van der Waals surface area contributed by atoms with Gasteiger partial charge in [0.2, 0.25) is 5.91 Å². The van der Waals surface area contributed by atoms with Crippen molar-refractivity contribution >= 4 is 11.8 Å². The van der Waals surface area contributed by atoms with Gasteiger partial charge in [-0.25, -0.2) is 4.39 Å². The summed E-state index contributed by atoms with van der Waals surface area (Å²) >= 11 is 0. The lowest BCUT2D eigenvalue weighted by Gasteiger charge is -2.32. The van der Waals surface area contributed by atoms with Crippen LogP contribution in [0, 0.1) is 5.82 Å². The maximum absolute atomic E-state index is 13.7. The molecule has 2 aromatic carbocycles. The lowest BCUT2D eigenvalue weighted by atomic mass is 10.0. The number of para-hydroxylation sites is 1. The number of nitrogens with zero attached hydrogens (tertiary/aromatic N) is 1. The molecule has 0 aromatic heterocycles. The highest BCUT2D eigenvalue weighted by Crippen LogP contribution is 2.15. The largest absolute Gasteiger partial charge is 0.494 e. The van der Waals surface area contributed by atoms with Crippen molar-refractivity contribution in [1.29, 1.82) is 0 Å². The molecule has 6 heteroatoms. The van der Waals surface area contributed by atoms with Gasteiger partial charge in [0.05, 0.1) is 12.2 Å². The lowest BCUT2D eigenvalue weighted by Crippen LogP contribution is -2.46. The first-order chi connectivity index (χ1) is 13.6. The summed E-state index contributed by atoms with van der Waals surface area (Å²) in [5, 5.41) is 2.87. The number of hydrogen-bond acceptors (Lipinski definition) is 3. The monoisotopic (exact) mass is 384 g/mol. The second kappa shape index (κ2) is 9.88. The number of carbonyl (C=O) groups excluding carboxylic acids is 2. The van der Waals surface area contributed by atoms with Crippen LogP contribution in [0.15, 0.2) is 54.6 Å². The van der Waals surface area contributed by atoms with Crippen molar-refractivity contribution in [1.82, 2.24) is 10.2 Å². The Kier molecular flexibility index (Phi) is 7.00. The van der Waals surface area contributed by atoms with Crippen LogP contribution in [0.2, 0.25) is 0 Å². The van der Waals surface area contributed by atoms with Crippen molar-refractivity contribution in [3.63, 3.8) is 0 Å². The van der Waals surface area contributed by atoms with Crippen molar-refractivity contribution in [3.05, 3.63) is 66.0 Å². The number of nitrogens with one attached hydrogen (secondary N) is 1. The minimum Gasteiger partial charge on any atom is -0.494 e. The molecule has 1 aliphatic heterocycles. The molecule has 1 fully saturated rings. The van der Waals surface area contributed by atoms with E-state index in [2.05, 4.69) is 5.32 Å². The van der Waals surface area contributed by atoms with E-state index in [4.69, 9.17) is 4.74 Å². The number of likely N-dealkylation sites (tertiary alicyclic amines) is 1. The first kappa shape index (κ1) is 19.9. The Morgan fingerprint density at radius 1 is 1.04 bits per heavy atom. The number of rotatable bonds is 7. The minimum absolute atomic E-state index is 0.0439. The molecule has 3 rings (SSSR count). The zero-order chi connectivity index (χ0) is 19.8. The fraction of sp³-hybridized carbons (Fsp3) is 0.364. The number of piperidine rings is 1. The second-order valence-electron chi connectivity index (χ2n) is 6.87. The first-order valence-electron chi connectivity index (χ1n) is 9.64. The quantitative estimate of drug-likeness (QED) is 0.745. The van der Waals surface area contributed by atoms with E-state index in [-0.39, 0.29) is 17.5 Å². The molecule has 0 saturated carbocycles. The Labute approximate surface area is 164 Å². The van der Waals surface area contributed by atoms with Crippen molar-refractivity contribution in [3.8, 4) is 5.75 Å². The third kappa shape index (κ3) is 5.55. The summed E-state index contributed by atoms with van der Waals surface area (Å²) in [6.07, 6.45) is 2.45. The molecule has 2 amide bonds. The molecule has 2 aromatic rings. The van der Waals surface area contributed by atoms with Crippen LogP contribution in [0.5, 0.6) is 5.75 Å². The number of amides is 2. The third-order valence-corrected chi connectivity index (χ3v) is 4.85. The molecule has 0 atom stereocenters. The zero-order valence-electron chi connectivity index (χ0n) is 15.8. The van der Waals surface area contributed by atoms with Crippen molar-refractivity contribution in [2.75, 3.05) is 19.7 Å². The minimum atomic E-state index is -0.523. The third-order valence-electron chi connectivity index (χ3n) is 4.85. The molecule has 0 unspecified atom stereocenters. The maximum atomic E-state index is 13.7. The van der Waals surface area contributed by atoms with Crippen LogP contribution in [-0.4, -0.2) is 42.5 Å². The predicted octanol–water partition coefficient (Wildman–Crippen LogP) is 3.41. The zero-order valence-corrected chi connectivity index (χ0v) is 15.8. The summed E-state index contributed by atoms with van der Waals surface area (Å²) in [5.41, 5.74) is 0.0550. The average Bonchev–Trinajstić information content (AvgIpc) is 2.72. The first-order valence-corrected chi connectivity index (χ1v) is 9.64. The molecule has 0 radical (unpaired) electrons. The summed E-state index contributed by atoms with van der Waals surface area (Å²) in [4.78, 5) is 26.4. The Bertz CT molecular complexity index is 789. The molecule has 1 heterocycles.